The summed E-state index contributed by atoms with van der Waals surface area (Å²) in [7, 11) is 0. The second kappa shape index (κ2) is 14.2. The second-order valence-electron chi connectivity index (χ2n) is 7.93. The molecule has 0 saturated heterocycles. The number of hydrogen-bond donors (Lipinski definition) is 0. The van der Waals surface area contributed by atoms with E-state index in [1.807, 2.05) is 44.2 Å². The van der Waals surface area contributed by atoms with E-state index >= 15 is 0 Å². The minimum atomic E-state index is 0.490. The Kier molecular flexibility index (Phi) is 11.4. The normalized spacial score (nSPS) is 10.9. The summed E-state index contributed by atoms with van der Waals surface area (Å²) in [5, 5.41) is 0. The van der Waals surface area contributed by atoms with Gasteiger partial charge in [0.2, 0.25) is 0 Å². The Morgan fingerprint density at radius 2 is 0.939 bits per heavy atom. The van der Waals surface area contributed by atoms with E-state index in [0.717, 1.165) is 60.2 Å². The highest BCUT2D eigenvalue weighted by atomic mass is 16.5. The lowest BCUT2D eigenvalue weighted by atomic mass is 10.1. The number of aryl methyl sites for hydroxylation is 1. The van der Waals surface area contributed by atoms with E-state index in [-0.39, 0.29) is 0 Å². The van der Waals surface area contributed by atoms with Gasteiger partial charge in [-0.2, -0.15) is 0 Å². The summed E-state index contributed by atoms with van der Waals surface area (Å²) in [5.41, 5.74) is 3.31. The van der Waals surface area contributed by atoms with E-state index in [2.05, 4.69) is 20.8 Å². The molecule has 0 amide bonds. The predicted molar refractivity (Wildman–Crippen MR) is 135 cm³/mol. The van der Waals surface area contributed by atoms with Crippen LogP contribution < -0.4 is 18.9 Å². The fraction of sp³-hybridized carbons (Fsp3) is 0.464. The van der Waals surface area contributed by atoms with E-state index in [9.17, 15) is 4.79 Å². The maximum absolute atomic E-state index is 11.6. The van der Waals surface area contributed by atoms with Crippen LogP contribution in [-0.2, 0) is 0 Å². The van der Waals surface area contributed by atoms with Gasteiger partial charge in [0.25, 0.3) is 0 Å². The van der Waals surface area contributed by atoms with Gasteiger partial charge in [-0.1, -0.05) is 39.8 Å². The van der Waals surface area contributed by atoms with Crippen molar-refractivity contribution in [2.75, 3.05) is 26.4 Å². The van der Waals surface area contributed by atoms with Gasteiger partial charge in [-0.15, -0.1) is 0 Å². The first kappa shape index (κ1) is 26.3. The van der Waals surface area contributed by atoms with Crippen molar-refractivity contribution in [3.63, 3.8) is 0 Å². The minimum absolute atomic E-state index is 0.490. The topological polar surface area (TPSA) is 54.0 Å². The lowest BCUT2D eigenvalue weighted by molar-refractivity contribution is 0.111. The molecule has 0 N–H and O–H groups in total. The van der Waals surface area contributed by atoms with Gasteiger partial charge in [-0.05, 0) is 62.4 Å². The maximum atomic E-state index is 11.6. The summed E-state index contributed by atoms with van der Waals surface area (Å²) >= 11 is 0. The molecule has 0 aliphatic rings. The maximum Gasteiger partial charge on any atom is 0.153 e. The summed E-state index contributed by atoms with van der Waals surface area (Å²) in [6, 6.07) is 7.68. The average molecular weight is 455 g/mol. The molecule has 0 spiro atoms. The van der Waals surface area contributed by atoms with Crippen LogP contribution in [0.15, 0.2) is 24.3 Å². The van der Waals surface area contributed by atoms with Crippen molar-refractivity contribution >= 4 is 18.4 Å². The van der Waals surface area contributed by atoms with Gasteiger partial charge in [-0.25, -0.2) is 0 Å². The van der Waals surface area contributed by atoms with Gasteiger partial charge in [0.05, 0.1) is 32.0 Å². The van der Waals surface area contributed by atoms with Crippen LogP contribution >= 0.6 is 0 Å². The molecule has 0 radical (unpaired) electrons. The van der Waals surface area contributed by atoms with Crippen LogP contribution in [0, 0.1) is 6.92 Å². The van der Waals surface area contributed by atoms with Crippen molar-refractivity contribution in [1.29, 1.82) is 0 Å². The molecule has 0 unspecified atom stereocenters. The molecule has 0 saturated carbocycles. The number of carbonyl (C=O) groups is 1. The predicted octanol–water partition coefficient (Wildman–Crippen LogP) is 7.13. The monoisotopic (exact) mass is 454 g/mol. The minimum Gasteiger partial charge on any atom is -0.493 e. The number of aldehydes is 1. The van der Waals surface area contributed by atoms with Crippen molar-refractivity contribution in [2.45, 2.75) is 60.3 Å². The first-order chi connectivity index (χ1) is 16.1. The summed E-state index contributed by atoms with van der Waals surface area (Å²) < 4.78 is 23.7. The molecule has 2 aromatic rings. The molecule has 0 fully saturated rings. The van der Waals surface area contributed by atoms with E-state index in [0.29, 0.717) is 43.5 Å². The Morgan fingerprint density at radius 1 is 0.576 bits per heavy atom. The van der Waals surface area contributed by atoms with Gasteiger partial charge >= 0.3 is 0 Å². The molecule has 0 bridgehead atoms. The van der Waals surface area contributed by atoms with Crippen molar-refractivity contribution in [3.8, 4) is 23.0 Å². The zero-order valence-electron chi connectivity index (χ0n) is 20.7. The molecule has 0 aromatic heterocycles. The summed E-state index contributed by atoms with van der Waals surface area (Å²) in [6.07, 6.45) is 8.40. The third-order valence-electron chi connectivity index (χ3n) is 4.87. The molecule has 5 heteroatoms. The van der Waals surface area contributed by atoms with Gasteiger partial charge in [0.15, 0.2) is 6.29 Å². The molecule has 0 aliphatic carbocycles. The largest absolute Gasteiger partial charge is 0.493 e. The highest BCUT2D eigenvalue weighted by Crippen LogP contribution is 2.33. The van der Waals surface area contributed by atoms with E-state index in [1.165, 1.54) is 0 Å². The molecule has 180 valence electrons. The van der Waals surface area contributed by atoms with Gasteiger partial charge in [0.1, 0.15) is 23.0 Å². The number of rotatable bonds is 15. The van der Waals surface area contributed by atoms with E-state index < -0.39 is 0 Å². The van der Waals surface area contributed by atoms with Crippen LogP contribution in [-0.4, -0.2) is 32.7 Å². The van der Waals surface area contributed by atoms with Gasteiger partial charge in [-0.3, -0.25) is 4.79 Å². The Bertz CT molecular complexity index is 917. The molecule has 0 aliphatic heterocycles. The van der Waals surface area contributed by atoms with Gasteiger partial charge < -0.3 is 18.9 Å². The molecule has 0 atom stereocenters. The SMILES string of the molecule is CCCOc1cc(/C=C/c2cc(OCCC)c(C=O)cc2OCCC)c(OCCC)cc1C. The number of benzene rings is 2. The van der Waals surface area contributed by atoms with Crippen LogP contribution in [0.2, 0.25) is 0 Å². The Labute approximate surface area is 198 Å². The number of carbonyl (C=O) groups excluding carboxylic acids is 1. The van der Waals surface area contributed by atoms with Crippen LogP contribution in [0.5, 0.6) is 23.0 Å². The van der Waals surface area contributed by atoms with Crippen molar-refractivity contribution in [2.24, 2.45) is 0 Å². The molecule has 2 aromatic carbocycles. The lowest BCUT2D eigenvalue weighted by Crippen LogP contribution is -2.03. The molecular weight excluding hydrogens is 416 g/mol. The highest BCUT2D eigenvalue weighted by molar-refractivity contribution is 5.84. The van der Waals surface area contributed by atoms with Crippen LogP contribution in [0.3, 0.4) is 0 Å². The third kappa shape index (κ3) is 7.85. The summed E-state index contributed by atoms with van der Waals surface area (Å²) in [4.78, 5) is 11.6. The standard InChI is InChI=1S/C28H38O5/c1-6-12-30-25-17-22(26(16-21(25)5)31-13-7-2)10-11-23-18-28(33-15-9-4)24(20-29)19-27(23)32-14-8-3/h10-11,16-20H,6-9,12-15H2,1-5H3/b11-10+. The van der Waals surface area contributed by atoms with Crippen molar-refractivity contribution in [1.82, 2.24) is 0 Å². The van der Waals surface area contributed by atoms with Crippen LogP contribution in [0.25, 0.3) is 12.2 Å². The fourth-order valence-electron chi connectivity index (χ4n) is 3.18. The Hall–Kier alpha value is -2.95. The smallest absolute Gasteiger partial charge is 0.153 e. The molecule has 33 heavy (non-hydrogen) atoms. The third-order valence-corrected chi connectivity index (χ3v) is 4.87. The van der Waals surface area contributed by atoms with Crippen molar-refractivity contribution < 1.29 is 23.7 Å². The lowest BCUT2D eigenvalue weighted by Gasteiger charge is -2.15. The molecule has 5 nitrogen and oxygen atoms in total. The zero-order valence-corrected chi connectivity index (χ0v) is 20.7. The first-order valence-corrected chi connectivity index (χ1v) is 12.0. The fourth-order valence-corrected chi connectivity index (χ4v) is 3.18. The average Bonchev–Trinajstić information content (AvgIpc) is 2.83. The number of ether oxygens (including phenoxy) is 4. The number of hydrogen-bond acceptors (Lipinski definition) is 5. The molecule has 2 rings (SSSR count). The summed E-state index contributed by atoms with van der Waals surface area (Å²) in [6.45, 7) is 12.7. The second-order valence-corrected chi connectivity index (χ2v) is 7.93. The molecular formula is C28H38O5. The van der Waals surface area contributed by atoms with E-state index in [1.54, 1.807) is 6.07 Å². The van der Waals surface area contributed by atoms with Crippen LogP contribution in [0.4, 0.5) is 0 Å². The van der Waals surface area contributed by atoms with Crippen LogP contribution in [0.1, 0.15) is 80.4 Å². The Morgan fingerprint density at radius 3 is 1.39 bits per heavy atom. The molecule has 0 heterocycles. The van der Waals surface area contributed by atoms with Crippen molar-refractivity contribution in [3.05, 3.63) is 46.5 Å². The quantitative estimate of drug-likeness (QED) is 0.212. The first-order valence-electron chi connectivity index (χ1n) is 12.0. The summed E-state index contributed by atoms with van der Waals surface area (Å²) in [5.74, 6) is 2.89. The van der Waals surface area contributed by atoms with Gasteiger partial charge in [0, 0.05) is 11.1 Å². The highest BCUT2D eigenvalue weighted by Gasteiger charge is 2.12. The Balaban J connectivity index is 2.50. The zero-order chi connectivity index (χ0) is 24.1. The van der Waals surface area contributed by atoms with E-state index in [4.69, 9.17) is 18.9 Å².